The molecule has 33 heavy (non-hydrogen) atoms. The van der Waals surface area contributed by atoms with Gasteiger partial charge in [-0.2, -0.15) is 0 Å². The number of carbonyl (C=O) groups is 3. The lowest BCUT2D eigenvalue weighted by Gasteiger charge is -2.35. The Morgan fingerprint density at radius 2 is 1.70 bits per heavy atom. The molecule has 1 aromatic carbocycles. The van der Waals surface area contributed by atoms with E-state index >= 15 is 0 Å². The highest BCUT2D eigenvalue weighted by Gasteiger charge is 2.31. The highest BCUT2D eigenvalue weighted by molar-refractivity contribution is 6.30. The first kappa shape index (κ1) is 28.8. The van der Waals surface area contributed by atoms with E-state index in [4.69, 9.17) is 41.9 Å². The number of ether oxygens (including phenoxy) is 1. The van der Waals surface area contributed by atoms with Gasteiger partial charge in [-0.15, -0.1) is 0 Å². The Kier molecular flexibility index (Phi) is 13.6. The molecule has 1 aromatic rings. The summed E-state index contributed by atoms with van der Waals surface area (Å²) in [5.41, 5.74) is 7.28. The second kappa shape index (κ2) is 15.6. The van der Waals surface area contributed by atoms with E-state index in [2.05, 4.69) is 10.2 Å². The molecule has 0 radical (unpaired) electrons. The number of nitrogens with zero attached hydrogens (tertiary/aromatic N) is 1. The van der Waals surface area contributed by atoms with E-state index in [9.17, 15) is 4.79 Å². The van der Waals surface area contributed by atoms with Crippen molar-refractivity contribution in [3.8, 4) is 0 Å². The standard InChI is InChI=1S/C19H28ClN3O2.2C2H4O2/c20-16-3-1-2-14(10-16)11-22-19(24)15-4-5-17(21)13-23(12-15)18-6-8-25-9-7-18;2*1-2(3)4/h1-3,10,15,17-18H,4-9,11-13,21H2,(H,22,24);2*1H3,(H,3,4)/t15-,17+;;/m1../s1. The van der Waals surface area contributed by atoms with E-state index in [1.807, 2.05) is 24.3 Å². The normalized spacial score (nSPS) is 21.3. The summed E-state index contributed by atoms with van der Waals surface area (Å²) >= 11 is 6.01. The first-order valence-electron chi connectivity index (χ1n) is 11.1. The number of amides is 1. The zero-order valence-corrected chi connectivity index (χ0v) is 20.1. The van der Waals surface area contributed by atoms with Crippen molar-refractivity contribution < 1.29 is 29.3 Å². The number of carboxylic acids is 2. The van der Waals surface area contributed by atoms with Crippen LogP contribution in [-0.4, -0.2) is 71.3 Å². The summed E-state index contributed by atoms with van der Waals surface area (Å²) in [6, 6.07) is 8.24. The van der Waals surface area contributed by atoms with Gasteiger partial charge in [0.05, 0.1) is 5.92 Å². The topological polar surface area (TPSA) is 142 Å². The number of benzene rings is 1. The number of nitrogens with two attached hydrogens (primary N) is 1. The van der Waals surface area contributed by atoms with E-state index < -0.39 is 11.9 Å². The van der Waals surface area contributed by atoms with E-state index in [1.165, 1.54) is 0 Å². The molecule has 0 spiro atoms. The Bertz CT molecular complexity index is 737. The number of hydrogen-bond donors (Lipinski definition) is 4. The van der Waals surface area contributed by atoms with Crippen molar-refractivity contribution in [3.63, 3.8) is 0 Å². The second-order valence-electron chi connectivity index (χ2n) is 8.22. The van der Waals surface area contributed by atoms with Crippen LogP contribution in [0, 0.1) is 5.92 Å². The minimum Gasteiger partial charge on any atom is -0.481 e. The molecule has 9 nitrogen and oxygen atoms in total. The van der Waals surface area contributed by atoms with E-state index in [1.54, 1.807) is 0 Å². The summed E-state index contributed by atoms with van der Waals surface area (Å²) in [5.74, 6) is -1.55. The van der Waals surface area contributed by atoms with Crippen LogP contribution < -0.4 is 11.1 Å². The van der Waals surface area contributed by atoms with Gasteiger partial charge >= 0.3 is 0 Å². The fraction of sp³-hybridized carbons (Fsp3) is 0.609. The number of halogens is 1. The fourth-order valence-electron chi connectivity index (χ4n) is 3.80. The molecule has 0 aliphatic carbocycles. The van der Waals surface area contributed by atoms with Gasteiger partial charge in [0.2, 0.25) is 5.91 Å². The average molecular weight is 486 g/mol. The van der Waals surface area contributed by atoms with Crippen molar-refractivity contribution in [3.05, 3.63) is 34.9 Å². The molecule has 2 aliphatic rings. The Morgan fingerprint density at radius 3 is 2.27 bits per heavy atom. The number of rotatable bonds is 4. The number of nitrogens with one attached hydrogen (secondary N) is 1. The lowest BCUT2D eigenvalue weighted by Crippen LogP contribution is -2.47. The quantitative estimate of drug-likeness (QED) is 0.509. The molecule has 2 aliphatic heterocycles. The third kappa shape index (κ3) is 13.2. The van der Waals surface area contributed by atoms with Crippen molar-refractivity contribution in [1.29, 1.82) is 0 Å². The third-order valence-corrected chi connectivity index (χ3v) is 5.48. The van der Waals surface area contributed by atoms with Crippen LogP contribution in [0.1, 0.15) is 45.1 Å². The maximum absolute atomic E-state index is 12.7. The first-order chi connectivity index (χ1) is 15.6. The van der Waals surface area contributed by atoms with Crippen LogP contribution in [0.2, 0.25) is 5.02 Å². The van der Waals surface area contributed by atoms with Gasteiger partial charge in [0, 0.05) is 63.8 Å². The first-order valence-corrected chi connectivity index (χ1v) is 11.4. The summed E-state index contributed by atoms with van der Waals surface area (Å²) in [6.45, 7) is 5.96. The van der Waals surface area contributed by atoms with E-state index in [-0.39, 0.29) is 17.9 Å². The van der Waals surface area contributed by atoms with Crippen LogP contribution in [0.25, 0.3) is 0 Å². The van der Waals surface area contributed by atoms with Crippen LogP contribution in [-0.2, 0) is 25.7 Å². The van der Waals surface area contributed by atoms with Gasteiger partial charge in [-0.05, 0) is 43.4 Å². The van der Waals surface area contributed by atoms with Gasteiger partial charge in [0.25, 0.3) is 11.9 Å². The Labute approximate surface area is 200 Å². The van der Waals surface area contributed by atoms with Crippen LogP contribution in [0.3, 0.4) is 0 Å². The fourth-order valence-corrected chi connectivity index (χ4v) is 4.01. The number of carboxylic acid groups (broad SMARTS) is 2. The summed E-state index contributed by atoms with van der Waals surface area (Å²) in [5, 5.41) is 18.6. The van der Waals surface area contributed by atoms with Gasteiger partial charge in [-0.25, -0.2) is 0 Å². The van der Waals surface area contributed by atoms with E-state index in [0.29, 0.717) is 17.6 Å². The van der Waals surface area contributed by atoms with Crippen LogP contribution in [0.15, 0.2) is 24.3 Å². The number of aliphatic carboxylic acids is 2. The van der Waals surface area contributed by atoms with Crippen LogP contribution in [0.4, 0.5) is 0 Å². The van der Waals surface area contributed by atoms with Crippen molar-refractivity contribution in [1.82, 2.24) is 10.2 Å². The highest BCUT2D eigenvalue weighted by Crippen LogP contribution is 2.23. The molecule has 0 aromatic heterocycles. The molecule has 5 N–H and O–H groups in total. The zero-order chi connectivity index (χ0) is 24.8. The highest BCUT2D eigenvalue weighted by atomic mass is 35.5. The molecule has 0 unspecified atom stereocenters. The molecule has 0 saturated carbocycles. The molecule has 10 heteroatoms. The lowest BCUT2D eigenvalue weighted by atomic mass is 10.0. The number of carbonyl (C=O) groups excluding carboxylic acids is 1. The Hall–Kier alpha value is -2.20. The molecular formula is C23H36ClN3O6. The summed E-state index contributed by atoms with van der Waals surface area (Å²) < 4.78 is 5.47. The smallest absolute Gasteiger partial charge is 0.300 e. The maximum atomic E-state index is 12.7. The number of likely N-dealkylation sites (tertiary alicyclic amines) is 1. The molecule has 3 rings (SSSR count). The molecule has 2 saturated heterocycles. The van der Waals surface area contributed by atoms with E-state index in [0.717, 1.165) is 71.4 Å². The zero-order valence-electron chi connectivity index (χ0n) is 19.3. The molecular weight excluding hydrogens is 450 g/mol. The minimum atomic E-state index is -0.833. The summed E-state index contributed by atoms with van der Waals surface area (Å²) in [7, 11) is 0. The predicted octanol–water partition coefficient (Wildman–Crippen LogP) is 2.36. The monoisotopic (exact) mass is 485 g/mol. The minimum absolute atomic E-state index is 0.00409. The van der Waals surface area contributed by atoms with Gasteiger partial charge < -0.3 is 26.0 Å². The second-order valence-corrected chi connectivity index (χ2v) is 8.65. The summed E-state index contributed by atoms with van der Waals surface area (Å²) in [6.07, 6.45) is 3.81. The largest absolute Gasteiger partial charge is 0.481 e. The molecule has 0 bridgehead atoms. The van der Waals surface area contributed by atoms with Gasteiger partial charge in [-0.1, -0.05) is 23.7 Å². The van der Waals surface area contributed by atoms with Crippen molar-refractivity contribution in [2.75, 3.05) is 26.3 Å². The Morgan fingerprint density at radius 1 is 1.09 bits per heavy atom. The van der Waals surface area contributed by atoms with Gasteiger partial charge in [-0.3, -0.25) is 19.3 Å². The predicted molar refractivity (Wildman–Crippen MR) is 126 cm³/mol. The molecule has 2 atom stereocenters. The molecule has 2 fully saturated rings. The SMILES string of the molecule is CC(=O)O.CC(=O)O.N[C@H]1CC[C@@H](C(=O)NCc2cccc(Cl)c2)CN(C2CCOCC2)C1. The van der Waals surface area contributed by atoms with Crippen molar-refractivity contribution >= 4 is 29.4 Å². The maximum Gasteiger partial charge on any atom is 0.300 e. The van der Waals surface area contributed by atoms with Gasteiger partial charge in [0.15, 0.2) is 0 Å². The molecule has 2 heterocycles. The van der Waals surface area contributed by atoms with Gasteiger partial charge in [0.1, 0.15) is 0 Å². The lowest BCUT2D eigenvalue weighted by molar-refractivity contribution is -0.135. The third-order valence-electron chi connectivity index (χ3n) is 5.24. The van der Waals surface area contributed by atoms with Crippen molar-refractivity contribution in [2.24, 2.45) is 11.7 Å². The van der Waals surface area contributed by atoms with Crippen molar-refractivity contribution in [2.45, 2.75) is 58.2 Å². The molecule has 186 valence electrons. The average Bonchev–Trinajstić information content (AvgIpc) is 2.94. The van der Waals surface area contributed by atoms with Crippen LogP contribution >= 0.6 is 11.6 Å². The molecule has 1 amide bonds. The van der Waals surface area contributed by atoms with Crippen LogP contribution in [0.5, 0.6) is 0 Å². The summed E-state index contributed by atoms with van der Waals surface area (Å²) in [4.78, 5) is 33.1. The number of hydrogen-bond acceptors (Lipinski definition) is 6. The Balaban J connectivity index is 0.000000591.